The molecule has 2 unspecified atom stereocenters. The SMILES string of the molecule is O=C(O)C1(C(=O)NCC2CN3CCCC3CO2)CCC1. The van der Waals surface area contributed by atoms with Gasteiger partial charge < -0.3 is 15.2 Å². The standard InChI is InChI=1S/C14H22N2O4/c17-12(14(13(18)19)4-2-5-14)15-7-11-8-16-6-1-3-10(16)9-20-11/h10-11H,1-9H2,(H,15,17)(H,18,19). The number of hydrogen-bond donors (Lipinski definition) is 2. The zero-order valence-electron chi connectivity index (χ0n) is 11.6. The molecule has 2 aliphatic heterocycles. The zero-order valence-corrected chi connectivity index (χ0v) is 11.6. The second-order valence-electron chi connectivity index (χ2n) is 6.20. The predicted octanol–water partition coefficient (Wildman–Crippen LogP) is 0.221. The molecule has 112 valence electrons. The molecule has 1 amide bonds. The predicted molar refractivity (Wildman–Crippen MR) is 71.3 cm³/mol. The number of nitrogens with zero attached hydrogens (tertiary/aromatic N) is 1. The Morgan fingerprint density at radius 1 is 1.35 bits per heavy atom. The van der Waals surface area contributed by atoms with E-state index >= 15 is 0 Å². The number of morpholine rings is 1. The third kappa shape index (κ3) is 2.31. The van der Waals surface area contributed by atoms with Crippen LogP contribution in [0.5, 0.6) is 0 Å². The van der Waals surface area contributed by atoms with Gasteiger partial charge in [-0.25, -0.2) is 0 Å². The maximum atomic E-state index is 12.1. The summed E-state index contributed by atoms with van der Waals surface area (Å²) in [5.74, 6) is -1.34. The number of carbonyl (C=O) groups excluding carboxylic acids is 1. The van der Waals surface area contributed by atoms with E-state index in [2.05, 4.69) is 10.2 Å². The smallest absolute Gasteiger partial charge is 0.319 e. The second kappa shape index (κ2) is 5.33. The minimum absolute atomic E-state index is 0.0146. The van der Waals surface area contributed by atoms with Gasteiger partial charge in [0.1, 0.15) is 5.41 Å². The van der Waals surface area contributed by atoms with Crippen molar-refractivity contribution >= 4 is 11.9 Å². The van der Waals surface area contributed by atoms with Crippen LogP contribution >= 0.6 is 0 Å². The maximum absolute atomic E-state index is 12.1. The van der Waals surface area contributed by atoms with E-state index in [1.54, 1.807) is 0 Å². The number of ether oxygens (including phenoxy) is 1. The summed E-state index contributed by atoms with van der Waals surface area (Å²) in [6.45, 7) is 3.09. The summed E-state index contributed by atoms with van der Waals surface area (Å²) in [5, 5.41) is 12.0. The van der Waals surface area contributed by atoms with Crippen LogP contribution in [0.3, 0.4) is 0 Å². The average molecular weight is 282 g/mol. The van der Waals surface area contributed by atoms with Gasteiger partial charge in [-0.1, -0.05) is 6.42 Å². The third-order valence-corrected chi connectivity index (χ3v) is 5.00. The molecule has 1 aliphatic carbocycles. The Morgan fingerprint density at radius 3 is 2.80 bits per heavy atom. The first-order valence-electron chi connectivity index (χ1n) is 7.49. The van der Waals surface area contributed by atoms with Gasteiger partial charge >= 0.3 is 5.97 Å². The first-order valence-corrected chi connectivity index (χ1v) is 7.49. The molecular weight excluding hydrogens is 260 g/mol. The Kier molecular flexibility index (Phi) is 3.69. The molecule has 3 fully saturated rings. The number of carboxylic acid groups (broad SMARTS) is 1. The van der Waals surface area contributed by atoms with Gasteiger partial charge in [0.05, 0.1) is 12.7 Å². The zero-order chi connectivity index (χ0) is 14.2. The van der Waals surface area contributed by atoms with Crippen LogP contribution in [0.1, 0.15) is 32.1 Å². The van der Waals surface area contributed by atoms with Gasteiger partial charge in [0.25, 0.3) is 0 Å². The lowest BCUT2D eigenvalue weighted by Crippen LogP contribution is -2.55. The Labute approximate surface area is 118 Å². The van der Waals surface area contributed by atoms with Crippen LogP contribution in [-0.2, 0) is 14.3 Å². The normalized spacial score (nSPS) is 32.2. The number of rotatable bonds is 4. The molecule has 0 bridgehead atoms. The van der Waals surface area contributed by atoms with Crippen LogP contribution in [0.2, 0.25) is 0 Å². The number of carbonyl (C=O) groups is 2. The van der Waals surface area contributed by atoms with Gasteiger partial charge in [0.2, 0.25) is 5.91 Å². The summed E-state index contributed by atoms with van der Waals surface area (Å²) in [7, 11) is 0. The quantitative estimate of drug-likeness (QED) is 0.721. The fraction of sp³-hybridized carbons (Fsp3) is 0.857. The highest BCUT2D eigenvalue weighted by Gasteiger charge is 2.51. The number of aliphatic carboxylic acids is 1. The second-order valence-corrected chi connectivity index (χ2v) is 6.20. The van der Waals surface area contributed by atoms with Crippen molar-refractivity contribution in [2.24, 2.45) is 5.41 Å². The van der Waals surface area contributed by atoms with E-state index in [-0.39, 0.29) is 12.0 Å². The Bertz CT molecular complexity index is 408. The number of nitrogens with one attached hydrogen (secondary N) is 1. The Hall–Kier alpha value is -1.14. The van der Waals surface area contributed by atoms with E-state index in [0.29, 0.717) is 25.4 Å². The fourth-order valence-electron chi connectivity index (χ4n) is 3.45. The highest BCUT2D eigenvalue weighted by atomic mass is 16.5. The molecule has 2 atom stereocenters. The molecule has 0 aromatic carbocycles. The minimum Gasteiger partial charge on any atom is -0.480 e. The van der Waals surface area contributed by atoms with Gasteiger partial charge in [0.15, 0.2) is 0 Å². The van der Waals surface area contributed by atoms with Crippen molar-refractivity contribution < 1.29 is 19.4 Å². The number of carboxylic acids is 1. The summed E-state index contributed by atoms with van der Waals surface area (Å²) in [6.07, 6.45) is 4.12. The number of hydrogen-bond acceptors (Lipinski definition) is 4. The molecule has 20 heavy (non-hydrogen) atoms. The van der Waals surface area contributed by atoms with Crippen molar-refractivity contribution in [1.82, 2.24) is 10.2 Å². The lowest BCUT2D eigenvalue weighted by atomic mass is 9.68. The topological polar surface area (TPSA) is 78.9 Å². The molecule has 0 aromatic rings. The first-order chi connectivity index (χ1) is 9.62. The molecule has 3 aliphatic rings. The van der Waals surface area contributed by atoms with Crippen LogP contribution in [0, 0.1) is 5.41 Å². The highest BCUT2D eigenvalue weighted by molar-refractivity contribution is 6.02. The molecule has 6 heteroatoms. The third-order valence-electron chi connectivity index (χ3n) is 5.00. The van der Waals surface area contributed by atoms with Crippen LogP contribution in [0.25, 0.3) is 0 Å². The van der Waals surface area contributed by atoms with E-state index in [1.165, 1.54) is 12.8 Å². The van der Waals surface area contributed by atoms with Gasteiger partial charge in [-0.3, -0.25) is 14.5 Å². The molecule has 3 rings (SSSR count). The first kappa shape index (κ1) is 13.8. The summed E-state index contributed by atoms with van der Waals surface area (Å²) >= 11 is 0. The van der Waals surface area contributed by atoms with E-state index < -0.39 is 11.4 Å². The molecule has 0 spiro atoms. The van der Waals surface area contributed by atoms with Crippen LogP contribution in [0.4, 0.5) is 0 Å². The maximum Gasteiger partial charge on any atom is 0.319 e. The lowest BCUT2D eigenvalue weighted by molar-refractivity contribution is -0.162. The summed E-state index contributed by atoms with van der Waals surface area (Å²) in [6, 6.07) is 0.541. The van der Waals surface area contributed by atoms with Crippen LogP contribution in [0.15, 0.2) is 0 Å². The van der Waals surface area contributed by atoms with Gasteiger partial charge in [-0.05, 0) is 32.2 Å². The molecule has 0 radical (unpaired) electrons. The number of fused-ring (bicyclic) bond motifs is 1. The van der Waals surface area contributed by atoms with Crippen molar-refractivity contribution in [3.63, 3.8) is 0 Å². The monoisotopic (exact) mass is 282 g/mol. The molecule has 2 heterocycles. The molecule has 0 aromatic heterocycles. The van der Waals surface area contributed by atoms with Crippen molar-refractivity contribution in [2.45, 2.75) is 44.2 Å². The van der Waals surface area contributed by atoms with Crippen molar-refractivity contribution in [2.75, 3.05) is 26.2 Å². The molecule has 2 N–H and O–H groups in total. The fourth-order valence-corrected chi connectivity index (χ4v) is 3.45. The highest BCUT2D eigenvalue weighted by Crippen LogP contribution is 2.41. The van der Waals surface area contributed by atoms with Gasteiger partial charge in [-0.15, -0.1) is 0 Å². The van der Waals surface area contributed by atoms with E-state index in [9.17, 15) is 14.7 Å². The Balaban J connectivity index is 1.49. The average Bonchev–Trinajstić information content (AvgIpc) is 2.81. The van der Waals surface area contributed by atoms with E-state index in [1.807, 2.05) is 0 Å². The van der Waals surface area contributed by atoms with Gasteiger partial charge in [-0.2, -0.15) is 0 Å². The van der Waals surface area contributed by atoms with Crippen LogP contribution < -0.4 is 5.32 Å². The molecule has 6 nitrogen and oxygen atoms in total. The largest absolute Gasteiger partial charge is 0.480 e. The molecular formula is C14H22N2O4. The molecule has 2 saturated heterocycles. The van der Waals surface area contributed by atoms with Gasteiger partial charge in [0, 0.05) is 19.1 Å². The van der Waals surface area contributed by atoms with Crippen molar-refractivity contribution in [1.29, 1.82) is 0 Å². The summed E-state index contributed by atoms with van der Waals surface area (Å²) in [4.78, 5) is 25.8. The van der Waals surface area contributed by atoms with Crippen molar-refractivity contribution in [3.05, 3.63) is 0 Å². The van der Waals surface area contributed by atoms with E-state index in [4.69, 9.17) is 4.74 Å². The Morgan fingerprint density at radius 2 is 2.15 bits per heavy atom. The lowest BCUT2D eigenvalue weighted by Gasteiger charge is -2.38. The van der Waals surface area contributed by atoms with Crippen LogP contribution in [-0.4, -0.2) is 60.3 Å². The summed E-state index contributed by atoms with van der Waals surface area (Å²) in [5.41, 5.74) is -1.18. The summed E-state index contributed by atoms with van der Waals surface area (Å²) < 4.78 is 5.76. The molecule has 1 saturated carbocycles. The number of amides is 1. The minimum atomic E-state index is -1.18. The van der Waals surface area contributed by atoms with E-state index in [0.717, 1.165) is 26.1 Å². The van der Waals surface area contributed by atoms with Crippen molar-refractivity contribution in [3.8, 4) is 0 Å².